The summed E-state index contributed by atoms with van der Waals surface area (Å²) in [6, 6.07) is 4.12. The minimum atomic E-state index is -0.581. The van der Waals surface area contributed by atoms with Crippen LogP contribution in [0.5, 0.6) is 0 Å². The molecule has 0 aliphatic carbocycles. The molecule has 1 atom stereocenters. The summed E-state index contributed by atoms with van der Waals surface area (Å²) < 4.78 is 19.3. The lowest BCUT2D eigenvalue weighted by Crippen LogP contribution is -2.55. The van der Waals surface area contributed by atoms with Crippen LogP contribution in [0.1, 0.15) is 24.2 Å². The lowest BCUT2D eigenvalue weighted by atomic mass is 10.0. The second kappa shape index (κ2) is 6.00. The van der Waals surface area contributed by atoms with Gasteiger partial charge in [-0.1, -0.05) is 27.5 Å². The Balaban J connectivity index is 2.21. The number of rotatable bonds is 2. The maximum absolute atomic E-state index is 13.5. The number of morpholine rings is 1. The van der Waals surface area contributed by atoms with Gasteiger partial charge >= 0.3 is 0 Å². The molecule has 20 heavy (non-hydrogen) atoms. The molecule has 0 spiro atoms. The minimum absolute atomic E-state index is 0.0159. The maximum Gasteiger partial charge on any atom is 0.254 e. The average Bonchev–Trinajstić information content (AvgIpc) is 2.39. The van der Waals surface area contributed by atoms with Crippen molar-refractivity contribution in [3.63, 3.8) is 0 Å². The first kappa shape index (κ1) is 15.7. The van der Waals surface area contributed by atoms with Crippen LogP contribution in [0.4, 0.5) is 4.39 Å². The largest absolute Gasteiger partial charge is 0.368 e. The van der Waals surface area contributed by atoms with Gasteiger partial charge in [-0.05, 0) is 32.0 Å². The van der Waals surface area contributed by atoms with Gasteiger partial charge < -0.3 is 9.64 Å². The number of amides is 1. The van der Waals surface area contributed by atoms with E-state index in [0.717, 1.165) is 0 Å². The monoisotopic (exact) mass is 363 g/mol. The van der Waals surface area contributed by atoms with Crippen molar-refractivity contribution in [2.45, 2.75) is 25.6 Å². The molecule has 0 bridgehead atoms. The molecule has 1 aromatic rings. The fraction of sp³-hybridized carbons (Fsp3) is 0.500. The Bertz CT molecular complexity index is 524. The van der Waals surface area contributed by atoms with E-state index in [1.54, 1.807) is 11.0 Å². The number of carbonyl (C=O) groups is 1. The highest BCUT2D eigenvalue weighted by atomic mass is 79.9. The molecule has 1 aromatic carbocycles. The molecule has 1 aliphatic rings. The quantitative estimate of drug-likeness (QED) is 0.752. The Morgan fingerprint density at radius 2 is 2.30 bits per heavy atom. The van der Waals surface area contributed by atoms with Crippen molar-refractivity contribution < 1.29 is 13.9 Å². The molecule has 1 fully saturated rings. The molecule has 110 valence electrons. The third-order valence-corrected chi connectivity index (χ3v) is 4.14. The molecule has 1 heterocycles. The topological polar surface area (TPSA) is 29.5 Å². The normalized spacial score (nSPS) is 21.9. The Morgan fingerprint density at radius 1 is 1.60 bits per heavy atom. The van der Waals surface area contributed by atoms with E-state index in [-0.39, 0.29) is 17.0 Å². The number of nitrogens with zero attached hydrogens (tertiary/aromatic N) is 1. The summed E-state index contributed by atoms with van der Waals surface area (Å²) in [5.41, 5.74) is -0.116. The molecule has 0 N–H and O–H groups in total. The average molecular weight is 365 g/mol. The highest BCUT2D eigenvalue weighted by molar-refractivity contribution is 9.09. The van der Waals surface area contributed by atoms with Crippen LogP contribution in [0.15, 0.2) is 18.2 Å². The maximum atomic E-state index is 13.5. The van der Waals surface area contributed by atoms with Gasteiger partial charge in [0.1, 0.15) is 5.82 Å². The van der Waals surface area contributed by atoms with E-state index in [2.05, 4.69) is 15.9 Å². The lowest BCUT2D eigenvalue weighted by Gasteiger charge is -2.42. The van der Waals surface area contributed by atoms with Gasteiger partial charge in [0.2, 0.25) is 0 Å². The van der Waals surface area contributed by atoms with Crippen LogP contribution in [0.3, 0.4) is 0 Å². The van der Waals surface area contributed by atoms with Gasteiger partial charge in [-0.3, -0.25) is 4.79 Å². The van der Waals surface area contributed by atoms with Crippen LogP contribution in [0, 0.1) is 5.82 Å². The van der Waals surface area contributed by atoms with E-state index in [4.69, 9.17) is 16.3 Å². The van der Waals surface area contributed by atoms with Crippen LogP contribution in [-0.4, -0.2) is 40.9 Å². The summed E-state index contributed by atoms with van der Waals surface area (Å²) in [6.45, 7) is 4.83. The Kier molecular flexibility index (Phi) is 4.72. The van der Waals surface area contributed by atoms with Gasteiger partial charge in [0.25, 0.3) is 5.91 Å². The summed E-state index contributed by atoms with van der Waals surface area (Å²) >= 11 is 9.01. The van der Waals surface area contributed by atoms with Gasteiger partial charge in [-0.15, -0.1) is 0 Å². The number of alkyl halides is 1. The number of benzene rings is 1. The molecule has 3 nitrogen and oxygen atoms in total. The summed E-state index contributed by atoms with van der Waals surface area (Å²) in [6.07, 6.45) is -0.0696. The molecular formula is C14H16BrClFNO2. The number of ether oxygens (including phenoxy) is 1. The second-order valence-corrected chi connectivity index (χ2v) is 6.52. The fourth-order valence-corrected chi connectivity index (χ4v) is 2.80. The highest BCUT2D eigenvalue weighted by Gasteiger charge is 2.35. The predicted molar refractivity (Wildman–Crippen MR) is 80.1 cm³/mol. The van der Waals surface area contributed by atoms with Crippen LogP contribution in [0.25, 0.3) is 0 Å². The molecule has 2 rings (SSSR count). The molecule has 1 saturated heterocycles. The SMILES string of the molecule is CC1(C)CN(C(=O)c2ccc(Cl)c(F)c2)CC(CBr)O1. The molecule has 6 heteroatoms. The first-order valence-corrected chi connectivity index (χ1v) is 7.80. The first-order chi connectivity index (χ1) is 9.32. The predicted octanol–water partition coefficient (Wildman–Crippen LogP) is 3.49. The smallest absolute Gasteiger partial charge is 0.254 e. The van der Waals surface area contributed by atoms with Gasteiger partial charge in [-0.2, -0.15) is 0 Å². The standard InChI is InChI=1S/C14H16BrClFNO2/c1-14(2)8-18(7-10(6-15)20-14)13(19)9-3-4-11(16)12(17)5-9/h3-5,10H,6-8H2,1-2H3. The van der Waals surface area contributed by atoms with Crippen molar-refractivity contribution >= 4 is 33.4 Å². The van der Waals surface area contributed by atoms with E-state index >= 15 is 0 Å². The number of halogens is 3. The van der Waals surface area contributed by atoms with Crippen molar-refractivity contribution in [1.82, 2.24) is 4.90 Å². The number of hydrogen-bond acceptors (Lipinski definition) is 2. The van der Waals surface area contributed by atoms with Gasteiger partial charge in [0.05, 0.1) is 16.7 Å². The zero-order valence-corrected chi connectivity index (χ0v) is 13.7. The van der Waals surface area contributed by atoms with Crippen molar-refractivity contribution in [2.24, 2.45) is 0 Å². The van der Waals surface area contributed by atoms with Crippen molar-refractivity contribution in [1.29, 1.82) is 0 Å². The molecule has 0 aromatic heterocycles. The van der Waals surface area contributed by atoms with Crippen LogP contribution in [-0.2, 0) is 4.74 Å². The molecule has 1 amide bonds. The van der Waals surface area contributed by atoms with Crippen molar-refractivity contribution in [3.05, 3.63) is 34.6 Å². The Morgan fingerprint density at radius 3 is 2.90 bits per heavy atom. The number of carbonyl (C=O) groups excluding carboxylic acids is 1. The van der Waals surface area contributed by atoms with Crippen LogP contribution < -0.4 is 0 Å². The minimum Gasteiger partial charge on any atom is -0.368 e. The zero-order chi connectivity index (χ0) is 14.9. The second-order valence-electron chi connectivity index (χ2n) is 5.47. The van der Waals surface area contributed by atoms with E-state index in [1.807, 2.05) is 13.8 Å². The molecule has 1 unspecified atom stereocenters. The third-order valence-electron chi connectivity index (χ3n) is 3.11. The Labute approximate surface area is 131 Å². The lowest BCUT2D eigenvalue weighted by molar-refractivity contribution is -0.116. The third kappa shape index (κ3) is 3.51. The van der Waals surface area contributed by atoms with Crippen molar-refractivity contribution in [2.75, 3.05) is 18.4 Å². The molecular weight excluding hydrogens is 349 g/mol. The number of hydrogen-bond donors (Lipinski definition) is 0. The molecule has 0 radical (unpaired) electrons. The van der Waals surface area contributed by atoms with E-state index in [9.17, 15) is 9.18 Å². The molecule has 1 aliphatic heterocycles. The summed E-state index contributed by atoms with van der Waals surface area (Å²) in [5, 5.41) is 0.664. The fourth-order valence-electron chi connectivity index (χ4n) is 2.34. The van der Waals surface area contributed by atoms with Gasteiger partial charge in [0, 0.05) is 24.0 Å². The van der Waals surface area contributed by atoms with E-state index < -0.39 is 11.4 Å². The summed E-state index contributed by atoms with van der Waals surface area (Å²) in [7, 11) is 0. The Hall–Kier alpha value is -0.650. The van der Waals surface area contributed by atoms with Crippen LogP contribution in [0.2, 0.25) is 5.02 Å². The van der Waals surface area contributed by atoms with Gasteiger partial charge in [-0.25, -0.2) is 4.39 Å². The zero-order valence-electron chi connectivity index (χ0n) is 11.3. The first-order valence-electron chi connectivity index (χ1n) is 6.30. The summed E-state index contributed by atoms with van der Waals surface area (Å²) in [4.78, 5) is 14.2. The highest BCUT2D eigenvalue weighted by Crippen LogP contribution is 2.24. The molecule has 0 saturated carbocycles. The summed E-state index contributed by atoms with van der Waals surface area (Å²) in [5.74, 6) is -0.787. The van der Waals surface area contributed by atoms with E-state index in [1.165, 1.54) is 12.1 Å². The van der Waals surface area contributed by atoms with Crippen molar-refractivity contribution in [3.8, 4) is 0 Å². The van der Waals surface area contributed by atoms with Crippen LogP contribution >= 0.6 is 27.5 Å². The van der Waals surface area contributed by atoms with Gasteiger partial charge in [0.15, 0.2) is 0 Å². The van der Waals surface area contributed by atoms with E-state index in [0.29, 0.717) is 24.0 Å².